The van der Waals surface area contributed by atoms with Crippen molar-refractivity contribution in [2.45, 2.75) is 38.1 Å². The van der Waals surface area contributed by atoms with E-state index < -0.39 is 24.3 Å². The molecule has 9 heteroatoms. The fraction of sp³-hybridized carbons (Fsp3) is 0.400. The zero-order valence-corrected chi connectivity index (χ0v) is 13.0. The highest BCUT2D eigenvalue weighted by atomic mass is 19.4. The molecular formula is C15H18F3N5O. The van der Waals surface area contributed by atoms with Gasteiger partial charge >= 0.3 is 12.2 Å². The summed E-state index contributed by atoms with van der Waals surface area (Å²) in [5.41, 5.74) is 0.496. The van der Waals surface area contributed by atoms with E-state index in [2.05, 4.69) is 15.4 Å². The third kappa shape index (κ3) is 5.56. The number of halogens is 3. The molecule has 0 aliphatic heterocycles. The standard InChI is InChI=1S/C15H18F3N5O/c1-11(8-23-10-19-9-20-23)21-14(24)22-13(15(16,17)18)7-12-5-3-2-4-6-12/h2-6,9-11,13H,7-8H2,1H3,(H2,21,22,24)/t11-,13-/m0/s1. The Morgan fingerprint density at radius 3 is 2.54 bits per heavy atom. The minimum absolute atomic E-state index is 0.308. The lowest BCUT2D eigenvalue weighted by molar-refractivity contribution is -0.152. The Hall–Kier alpha value is -2.58. The van der Waals surface area contributed by atoms with Gasteiger partial charge in [0.05, 0.1) is 6.54 Å². The van der Waals surface area contributed by atoms with Crippen molar-refractivity contribution >= 4 is 6.03 Å². The Labute approximate surface area is 137 Å². The topological polar surface area (TPSA) is 71.8 Å². The van der Waals surface area contributed by atoms with Gasteiger partial charge in [-0.2, -0.15) is 18.3 Å². The molecule has 2 N–H and O–H groups in total. The molecule has 0 radical (unpaired) electrons. The van der Waals surface area contributed by atoms with Crippen LogP contribution in [-0.2, 0) is 13.0 Å². The molecule has 0 fully saturated rings. The number of benzene rings is 1. The minimum atomic E-state index is -4.54. The van der Waals surface area contributed by atoms with Crippen molar-refractivity contribution in [2.75, 3.05) is 0 Å². The summed E-state index contributed by atoms with van der Waals surface area (Å²) in [5, 5.41) is 8.34. The van der Waals surface area contributed by atoms with E-state index in [9.17, 15) is 18.0 Å². The summed E-state index contributed by atoms with van der Waals surface area (Å²) in [5.74, 6) is 0. The molecule has 2 amide bonds. The minimum Gasteiger partial charge on any atom is -0.334 e. The summed E-state index contributed by atoms with van der Waals surface area (Å²) in [6, 6.07) is 4.97. The molecule has 6 nitrogen and oxygen atoms in total. The van der Waals surface area contributed by atoms with Gasteiger partial charge in [0.15, 0.2) is 0 Å². The van der Waals surface area contributed by atoms with Gasteiger partial charge in [0.2, 0.25) is 0 Å². The number of carbonyl (C=O) groups is 1. The maximum atomic E-state index is 13.1. The Morgan fingerprint density at radius 2 is 1.96 bits per heavy atom. The molecule has 0 spiro atoms. The number of amides is 2. The van der Waals surface area contributed by atoms with Crippen LogP contribution in [-0.4, -0.2) is 39.1 Å². The van der Waals surface area contributed by atoms with Crippen LogP contribution in [0.1, 0.15) is 12.5 Å². The molecule has 0 bridgehead atoms. The highest BCUT2D eigenvalue weighted by Crippen LogP contribution is 2.23. The van der Waals surface area contributed by atoms with Gasteiger partial charge < -0.3 is 10.6 Å². The number of nitrogens with zero attached hydrogens (tertiary/aromatic N) is 3. The van der Waals surface area contributed by atoms with Crippen LogP contribution in [0.4, 0.5) is 18.0 Å². The Bertz CT molecular complexity index is 630. The molecule has 2 aromatic rings. The predicted molar refractivity (Wildman–Crippen MR) is 81.1 cm³/mol. The van der Waals surface area contributed by atoms with Gasteiger partial charge in [0.25, 0.3) is 0 Å². The molecule has 1 aromatic heterocycles. The van der Waals surface area contributed by atoms with E-state index in [-0.39, 0.29) is 6.42 Å². The zero-order valence-electron chi connectivity index (χ0n) is 13.0. The Balaban J connectivity index is 1.92. The third-order valence-electron chi connectivity index (χ3n) is 3.29. The lowest BCUT2D eigenvalue weighted by Gasteiger charge is -2.23. The van der Waals surface area contributed by atoms with Crippen LogP contribution in [0.2, 0.25) is 0 Å². The lowest BCUT2D eigenvalue weighted by Crippen LogP contribution is -2.52. The van der Waals surface area contributed by atoms with Crippen LogP contribution in [0, 0.1) is 0 Å². The third-order valence-corrected chi connectivity index (χ3v) is 3.29. The number of rotatable bonds is 6. The first-order chi connectivity index (χ1) is 11.3. The largest absolute Gasteiger partial charge is 0.408 e. The maximum Gasteiger partial charge on any atom is 0.408 e. The van der Waals surface area contributed by atoms with Gasteiger partial charge in [-0.05, 0) is 12.5 Å². The summed E-state index contributed by atoms with van der Waals surface area (Å²) < 4.78 is 40.9. The number of nitrogens with one attached hydrogen (secondary N) is 2. The van der Waals surface area contributed by atoms with Crippen LogP contribution in [0.5, 0.6) is 0 Å². The van der Waals surface area contributed by atoms with Crippen molar-refractivity contribution in [3.05, 3.63) is 48.5 Å². The SMILES string of the molecule is C[C@@H](Cn1cncn1)NC(=O)N[C@@H](Cc1ccccc1)C(F)(F)F. The van der Waals surface area contributed by atoms with Gasteiger partial charge in [-0.3, -0.25) is 4.68 Å². The number of carbonyl (C=O) groups excluding carboxylic acids is 1. The molecule has 2 atom stereocenters. The van der Waals surface area contributed by atoms with E-state index in [4.69, 9.17) is 0 Å². The van der Waals surface area contributed by atoms with Gasteiger partial charge in [-0.15, -0.1) is 0 Å². The van der Waals surface area contributed by atoms with E-state index >= 15 is 0 Å². The van der Waals surface area contributed by atoms with Gasteiger partial charge in [-0.25, -0.2) is 9.78 Å². The number of hydrogen-bond donors (Lipinski definition) is 2. The molecular weight excluding hydrogens is 323 g/mol. The van der Waals surface area contributed by atoms with Crippen LogP contribution >= 0.6 is 0 Å². The molecule has 2 rings (SSSR count). The van der Waals surface area contributed by atoms with Crippen LogP contribution in [0.3, 0.4) is 0 Å². The predicted octanol–water partition coefficient (Wildman–Crippen LogP) is 2.14. The highest BCUT2D eigenvalue weighted by Gasteiger charge is 2.40. The monoisotopic (exact) mass is 341 g/mol. The average molecular weight is 341 g/mol. The second-order valence-corrected chi connectivity index (χ2v) is 5.42. The van der Waals surface area contributed by atoms with Crippen LogP contribution < -0.4 is 10.6 Å². The molecule has 24 heavy (non-hydrogen) atoms. The zero-order chi connectivity index (χ0) is 17.6. The number of urea groups is 1. The average Bonchev–Trinajstić information content (AvgIpc) is 2.99. The molecule has 0 unspecified atom stereocenters. The van der Waals surface area contributed by atoms with Gasteiger partial charge in [0.1, 0.15) is 18.7 Å². The Morgan fingerprint density at radius 1 is 1.25 bits per heavy atom. The van der Waals surface area contributed by atoms with Crippen LogP contribution in [0.15, 0.2) is 43.0 Å². The first kappa shape index (κ1) is 17.8. The summed E-state index contributed by atoms with van der Waals surface area (Å²) >= 11 is 0. The van der Waals surface area contributed by atoms with E-state index in [0.717, 1.165) is 0 Å². The smallest absolute Gasteiger partial charge is 0.334 e. The molecule has 0 saturated carbocycles. The van der Waals surface area contributed by atoms with Crippen LogP contribution in [0.25, 0.3) is 0 Å². The number of alkyl halides is 3. The van der Waals surface area contributed by atoms with E-state index in [1.807, 2.05) is 5.32 Å². The summed E-state index contributed by atoms with van der Waals surface area (Å²) in [6.07, 6.45) is -2.06. The van der Waals surface area contributed by atoms with Crippen molar-refractivity contribution in [2.24, 2.45) is 0 Å². The molecule has 130 valence electrons. The summed E-state index contributed by atoms with van der Waals surface area (Å²) in [7, 11) is 0. The number of aromatic nitrogens is 3. The summed E-state index contributed by atoms with van der Waals surface area (Å²) in [4.78, 5) is 15.6. The summed E-state index contributed by atoms with van der Waals surface area (Å²) in [6.45, 7) is 1.98. The molecule has 1 heterocycles. The normalized spacial score (nSPS) is 14.0. The second-order valence-electron chi connectivity index (χ2n) is 5.42. The van der Waals surface area contributed by atoms with Crippen molar-refractivity contribution in [1.29, 1.82) is 0 Å². The first-order valence-corrected chi connectivity index (χ1v) is 7.34. The van der Waals surface area contributed by atoms with E-state index in [1.54, 1.807) is 37.3 Å². The fourth-order valence-corrected chi connectivity index (χ4v) is 2.18. The molecule has 1 aromatic carbocycles. The van der Waals surface area contributed by atoms with Crippen molar-refractivity contribution in [3.8, 4) is 0 Å². The quantitative estimate of drug-likeness (QED) is 0.846. The van der Waals surface area contributed by atoms with Crippen molar-refractivity contribution < 1.29 is 18.0 Å². The lowest BCUT2D eigenvalue weighted by atomic mass is 10.1. The van der Waals surface area contributed by atoms with E-state index in [1.165, 1.54) is 17.3 Å². The van der Waals surface area contributed by atoms with Gasteiger partial charge in [0, 0.05) is 12.5 Å². The highest BCUT2D eigenvalue weighted by molar-refractivity contribution is 5.74. The van der Waals surface area contributed by atoms with Gasteiger partial charge in [-0.1, -0.05) is 30.3 Å². The second kappa shape index (κ2) is 7.80. The van der Waals surface area contributed by atoms with E-state index in [0.29, 0.717) is 12.1 Å². The van der Waals surface area contributed by atoms with Crippen molar-refractivity contribution in [1.82, 2.24) is 25.4 Å². The molecule has 0 aliphatic rings. The molecule has 0 saturated heterocycles. The van der Waals surface area contributed by atoms with Crippen molar-refractivity contribution in [3.63, 3.8) is 0 Å². The molecule has 0 aliphatic carbocycles. The number of hydrogen-bond acceptors (Lipinski definition) is 3. The Kier molecular flexibility index (Phi) is 5.78. The first-order valence-electron chi connectivity index (χ1n) is 7.34. The maximum absolute atomic E-state index is 13.1. The fourth-order valence-electron chi connectivity index (χ4n) is 2.18.